The Balaban J connectivity index is 1.88. The van der Waals surface area contributed by atoms with Gasteiger partial charge in [-0.3, -0.25) is 0 Å². The molecule has 136 valence electrons. The SMILES string of the molecule is C=C(C[C@H](NC(=O)OCc1ccccc1)C(=O)OC)Sc1ccccc1. The predicted molar refractivity (Wildman–Crippen MR) is 102 cm³/mol. The van der Waals surface area contributed by atoms with Crippen LogP contribution in [0.3, 0.4) is 0 Å². The summed E-state index contributed by atoms with van der Waals surface area (Å²) in [5, 5.41) is 2.54. The van der Waals surface area contributed by atoms with E-state index in [1.165, 1.54) is 18.9 Å². The molecule has 1 N–H and O–H groups in total. The quantitative estimate of drug-likeness (QED) is 0.558. The summed E-state index contributed by atoms with van der Waals surface area (Å²) in [5.74, 6) is -0.545. The first-order valence-corrected chi connectivity index (χ1v) is 8.86. The molecule has 0 fully saturated rings. The second-order valence-corrected chi connectivity index (χ2v) is 6.69. The average molecular weight is 371 g/mol. The zero-order valence-corrected chi connectivity index (χ0v) is 15.3. The molecular weight excluding hydrogens is 350 g/mol. The highest BCUT2D eigenvalue weighted by Gasteiger charge is 2.23. The van der Waals surface area contributed by atoms with E-state index in [4.69, 9.17) is 9.47 Å². The molecule has 0 aliphatic carbocycles. The number of ether oxygens (including phenoxy) is 2. The number of carbonyl (C=O) groups excluding carboxylic acids is 2. The molecule has 0 heterocycles. The van der Waals surface area contributed by atoms with Gasteiger partial charge in [0.25, 0.3) is 0 Å². The topological polar surface area (TPSA) is 64.6 Å². The molecule has 0 unspecified atom stereocenters. The van der Waals surface area contributed by atoms with Crippen molar-refractivity contribution in [2.45, 2.75) is 24.0 Å². The maximum atomic E-state index is 12.0. The van der Waals surface area contributed by atoms with Gasteiger partial charge in [0.1, 0.15) is 12.6 Å². The van der Waals surface area contributed by atoms with Gasteiger partial charge < -0.3 is 14.8 Å². The Kier molecular flexibility index (Phi) is 7.76. The molecule has 0 aliphatic heterocycles. The Morgan fingerprint density at radius 3 is 2.31 bits per heavy atom. The van der Waals surface area contributed by atoms with Crippen molar-refractivity contribution in [3.05, 3.63) is 77.7 Å². The first-order chi connectivity index (χ1) is 12.6. The number of rotatable bonds is 8. The van der Waals surface area contributed by atoms with Crippen molar-refractivity contribution in [1.29, 1.82) is 0 Å². The second kappa shape index (κ2) is 10.3. The van der Waals surface area contributed by atoms with Gasteiger partial charge >= 0.3 is 12.1 Å². The van der Waals surface area contributed by atoms with E-state index >= 15 is 0 Å². The van der Waals surface area contributed by atoms with Crippen molar-refractivity contribution in [3.63, 3.8) is 0 Å². The van der Waals surface area contributed by atoms with Gasteiger partial charge in [-0.15, -0.1) is 0 Å². The third-order valence-corrected chi connectivity index (χ3v) is 4.39. The number of alkyl carbamates (subject to hydrolysis) is 1. The zero-order chi connectivity index (χ0) is 18.8. The highest BCUT2D eigenvalue weighted by molar-refractivity contribution is 8.03. The Hall–Kier alpha value is -2.73. The van der Waals surface area contributed by atoms with Gasteiger partial charge in [-0.2, -0.15) is 0 Å². The second-order valence-electron chi connectivity index (χ2n) is 5.44. The molecule has 1 atom stereocenters. The van der Waals surface area contributed by atoms with Crippen LogP contribution in [0, 0.1) is 0 Å². The van der Waals surface area contributed by atoms with Crippen molar-refractivity contribution in [2.24, 2.45) is 0 Å². The number of methoxy groups -OCH3 is 1. The lowest BCUT2D eigenvalue weighted by atomic mass is 10.2. The van der Waals surface area contributed by atoms with Crippen LogP contribution in [-0.4, -0.2) is 25.2 Å². The zero-order valence-electron chi connectivity index (χ0n) is 14.5. The minimum Gasteiger partial charge on any atom is -0.467 e. The van der Waals surface area contributed by atoms with Crippen molar-refractivity contribution in [3.8, 4) is 0 Å². The third kappa shape index (κ3) is 6.64. The van der Waals surface area contributed by atoms with Crippen LogP contribution >= 0.6 is 11.8 Å². The molecule has 0 saturated heterocycles. The minimum absolute atomic E-state index is 0.125. The van der Waals surface area contributed by atoms with Crippen molar-refractivity contribution < 1.29 is 19.1 Å². The number of hydrogen-bond acceptors (Lipinski definition) is 5. The van der Waals surface area contributed by atoms with Gasteiger partial charge in [-0.05, 0) is 22.6 Å². The average Bonchev–Trinajstić information content (AvgIpc) is 2.66. The normalized spacial score (nSPS) is 11.3. The van der Waals surface area contributed by atoms with E-state index in [0.29, 0.717) is 0 Å². The summed E-state index contributed by atoms with van der Waals surface area (Å²) in [4.78, 5) is 25.7. The lowest BCUT2D eigenvalue weighted by Crippen LogP contribution is -2.41. The fourth-order valence-electron chi connectivity index (χ4n) is 2.17. The first-order valence-electron chi connectivity index (χ1n) is 8.04. The van der Waals surface area contributed by atoms with E-state index in [1.54, 1.807) is 0 Å². The Morgan fingerprint density at radius 2 is 1.69 bits per heavy atom. The van der Waals surface area contributed by atoms with Gasteiger partial charge in [0.05, 0.1) is 7.11 Å². The van der Waals surface area contributed by atoms with Crippen molar-refractivity contribution in [1.82, 2.24) is 5.32 Å². The molecule has 0 aliphatic rings. The molecule has 6 heteroatoms. The van der Waals surface area contributed by atoms with Crippen LogP contribution in [0.5, 0.6) is 0 Å². The van der Waals surface area contributed by atoms with Gasteiger partial charge in [0, 0.05) is 11.3 Å². The standard InChI is InChI=1S/C20H21NO4S/c1-15(26-17-11-7-4-8-12-17)13-18(19(22)24-2)21-20(23)25-14-16-9-5-3-6-10-16/h3-12,18H,1,13-14H2,2H3,(H,21,23)/t18-/m0/s1. The lowest BCUT2D eigenvalue weighted by molar-refractivity contribution is -0.142. The fraction of sp³-hybridized carbons (Fsp3) is 0.200. The Labute approximate surface area is 157 Å². The van der Waals surface area contributed by atoms with Gasteiger partial charge in [0.15, 0.2) is 0 Å². The molecule has 0 radical (unpaired) electrons. The summed E-state index contributed by atoms with van der Waals surface area (Å²) in [6.07, 6.45) is -0.436. The molecule has 0 aromatic heterocycles. The van der Waals surface area contributed by atoms with Crippen molar-refractivity contribution in [2.75, 3.05) is 7.11 Å². The van der Waals surface area contributed by atoms with E-state index in [9.17, 15) is 9.59 Å². The summed E-state index contributed by atoms with van der Waals surface area (Å²) in [5.41, 5.74) is 0.862. The number of amides is 1. The van der Waals surface area contributed by atoms with Crippen LogP contribution in [0.1, 0.15) is 12.0 Å². The smallest absolute Gasteiger partial charge is 0.408 e. The number of carbonyl (C=O) groups is 2. The Bertz CT molecular complexity index is 734. The molecule has 2 aromatic rings. The maximum Gasteiger partial charge on any atom is 0.408 e. The highest BCUT2D eigenvalue weighted by Crippen LogP contribution is 2.28. The highest BCUT2D eigenvalue weighted by atomic mass is 32.2. The fourth-order valence-corrected chi connectivity index (χ4v) is 3.04. The molecule has 2 aromatic carbocycles. The van der Waals surface area contributed by atoms with Gasteiger partial charge in [-0.25, -0.2) is 9.59 Å². The first kappa shape index (κ1) is 19.6. The monoisotopic (exact) mass is 371 g/mol. The van der Waals surface area contributed by atoms with Crippen LogP contribution in [-0.2, 0) is 20.9 Å². The van der Waals surface area contributed by atoms with Crippen LogP contribution < -0.4 is 5.32 Å². The number of esters is 1. The van der Waals surface area contributed by atoms with E-state index in [2.05, 4.69) is 11.9 Å². The van der Waals surface area contributed by atoms with Crippen LogP contribution in [0.25, 0.3) is 0 Å². The summed E-state index contributed by atoms with van der Waals surface area (Å²) in [6, 6.07) is 18.1. The van der Waals surface area contributed by atoms with E-state index in [0.717, 1.165) is 15.4 Å². The number of thioether (sulfide) groups is 1. The molecule has 1 amide bonds. The number of nitrogens with one attached hydrogen (secondary N) is 1. The number of hydrogen-bond donors (Lipinski definition) is 1. The minimum atomic E-state index is -0.855. The lowest BCUT2D eigenvalue weighted by Gasteiger charge is -2.17. The third-order valence-electron chi connectivity index (χ3n) is 3.43. The van der Waals surface area contributed by atoms with E-state index in [-0.39, 0.29) is 13.0 Å². The Morgan fingerprint density at radius 1 is 1.08 bits per heavy atom. The number of benzene rings is 2. The predicted octanol–water partition coefficient (Wildman–Crippen LogP) is 4.15. The summed E-state index contributed by atoms with van der Waals surface area (Å²) < 4.78 is 9.93. The van der Waals surface area contributed by atoms with E-state index < -0.39 is 18.1 Å². The molecule has 0 spiro atoms. The summed E-state index contributed by atoms with van der Waals surface area (Å²) >= 11 is 1.44. The van der Waals surface area contributed by atoms with Gasteiger partial charge in [-0.1, -0.05) is 66.9 Å². The molecule has 0 saturated carbocycles. The van der Waals surface area contributed by atoms with Crippen LogP contribution in [0.4, 0.5) is 4.79 Å². The van der Waals surface area contributed by atoms with E-state index in [1.807, 2.05) is 60.7 Å². The maximum absolute atomic E-state index is 12.0. The largest absolute Gasteiger partial charge is 0.467 e. The van der Waals surface area contributed by atoms with Crippen LogP contribution in [0.15, 0.2) is 77.0 Å². The molecule has 5 nitrogen and oxygen atoms in total. The molecular formula is C20H21NO4S. The van der Waals surface area contributed by atoms with Crippen molar-refractivity contribution >= 4 is 23.8 Å². The van der Waals surface area contributed by atoms with Gasteiger partial charge in [0.2, 0.25) is 0 Å². The van der Waals surface area contributed by atoms with Crippen LogP contribution in [0.2, 0.25) is 0 Å². The molecule has 26 heavy (non-hydrogen) atoms. The molecule has 2 rings (SSSR count). The summed E-state index contributed by atoms with van der Waals surface area (Å²) in [7, 11) is 1.28. The molecule has 0 bridgehead atoms. The summed E-state index contributed by atoms with van der Waals surface area (Å²) in [6.45, 7) is 4.10.